The fourth-order valence-corrected chi connectivity index (χ4v) is 3.47. The number of nitrogens with zero attached hydrogens (tertiary/aromatic N) is 2. The molecule has 2 amide bonds. The second kappa shape index (κ2) is 9.44. The summed E-state index contributed by atoms with van der Waals surface area (Å²) in [6, 6.07) is 16.5. The average Bonchev–Trinajstić information content (AvgIpc) is 2.82. The maximum Gasteiger partial charge on any atom is 0.323 e. The van der Waals surface area contributed by atoms with E-state index in [2.05, 4.69) is 25.9 Å². The number of carbonyl (C=O) groups is 1. The topological polar surface area (TPSA) is 97.4 Å². The Morgan fingerprint density at radius 3 is 2.24 bits per heavy atom. The van der Waals surface area contributed by atoms with Gasteiger partial charge in [-0.15, -0.1) is 0 Å². The third kappa shape index (κ3) is 4.79. The number of hydrogen-bond donors (Lipinski definition) is 3. The maximum atomic E-state index is 12.7. The molecule has 168 valence electrons. The Bertz CT molecular complexity index is 1300. The molecule has 0 atom stereocenters. The molecule has 8 nitrogen and oxygen atoms in total. The Labute approximate surface area is 192 Å². The van der Waals surface area contributed by atoms with Crippen LogP contribution in [0, 0.1) is 13.8 Å². The van der Waals surface area contributed by atoms with Gasteiger partial charge in [-0.1, -0.05) is 18.2 Å². The molecule has 0 aliphatic carbocycles. The van der Waals surface area contributed by atoms with Crippen LogP contribution < -0.4 is 25.4 Å². The smallest absolute Gasteiger partial charge is 0.323 e. The van der Waals surface area contributed by atoms with Crippen molar-refractivity contribution in [2.24, 2.45) is 0 Å². The van der Waals surface area contributed by atoms with Crippen LogP contribution in [0.25, 0.3) is 10.9 Å². The molecule has 0 aliphatic rings. The highest BCUT2D eigenvalue weighted by atomic mass is 16.5. The first-order chi connectivity index (χ1) is 16.0. The van der Waals surface area contributed by atoms with E-state index in [-0.39, 0.29) is 6.03 Å². The van der Waals surface area contributed by atoms with E-state index in [1.165, 1.54) is 6.33 Å². The predicted molar refractivity (Wildman–Crippen MR) is 131 cm³/mol. The zero-order valence-corrected chi connectivity index (χ0v) is 18.9. The SMILES string of the molecule is COc1cc(Nc2ncnc3c(NC(=O)Nc4cccc(C)c4C)cccc23)cc(OC)c1. The van der Waals surface area contributed by atoms with Crippen molar-refractivity contribution in [1.82, 2.24) is 9.97 Å². The second-order valence-corrected chi connectivity index (χ2v) is 7.48. The van der Waals surface area contributed by atoms with Crippen molar-refractivity contribution in [3.63, 3.8) is 0 Å². The van der Waals surface area contributed by atoms with Crippen LogP contribution in [0.1, 0.15) is 11.1 Å². The Morgan fingerprint density at radius 2 is 1.52 bits per heavy atom. The predicted octanol–water partition coefficient (Wildman–Crippen LogP) is 5.65. The van der Waals surface area contributed by atoms with E-state index >= 15 is 0 Å². The Hall–Kier alpha value is -4.33. The molecule has 3 aromatic carbocycles. The van der Waals surface area contributed by atoms with Crippen LogP contribution in [0.5, 0.6) is 11.5 Å². The van der Waals surface area contributed by atoms with Gasteiger partial charge in [0.05, 0.1) is 25.4 Å². The molecule has 0 spiro atoms. The summed E-state index contributed by atoms with van der Waals surface area (Å²) >= 11 is 0. The molecule has 4 rings (SSSR count). The number of hydrogen-bond acceptors (Lipinski definition) is 6. The number of benzene rings is 3. The van der Waals surface area contributed by atoms with Crippen molar-refractivity contribution in [3.05, 3.63) is 72.1 Å². The lowest BCUT2D eigenvalue weighted by Crippen LogP contribution is -2.20. The number of urea groups is 1. The zero-order valence-electron chi connectivity index (χ0n) is 18.9. The lowest BCUT2D eigenvalue weighted by atomic mass is 10.1. The molecule has 0 aliphatic heterocycles. The van der Waals surface area contributed by atoms with Gasteiger partial charge < -0.3 is 25.4 Å². The minimum Gasteiger partial charge on any atom is -0.497 e. The van der Waals surface area contributed by atoms with Crippen molar-refractivity contribution in [2.45, 2.75) is 13.8 Å². The Balaban J connectivity index is 1.61. The molecule has 0 radical (unpaired) electrons. The molecule has 1 heterocycles. The molecule has 0 bridgehead atoms. The fourth-order valence-electron chi connectivity index (χ4n) is 3.47. The third-order valence-electron chi connectivity index (χ3n) is 5.38. The molecule has 4 aromatic rings. The van der Waals surface area contributed by atoms with Gasteiger partial charge in [-0.3, -0.25) is 0 Å². The summed E-state index contributed by atoms with van der Waals surface area (Å²) < 4.78 is 10.7. The molecule has 3 N–H and O–H groups in total. The largest absolute Gasteiger partial charge is 0.497 e. The Morgan fingerprint density at radius 1 is 0.848 bits per heavy atom. The first-order valence-corrected chi connectivity index (χ1v) is 10.4. The van der Waals surface area contributed by atoms with Gasteiger partial charge in [0.15, 0.2) is 0 Å². The van der Waals surface area contributed by atoms with Crippen LogP contribution in [0.2, 0.25) is 0 Å². The molecule has 0 unspecified atom stereocenters. The van der Waals surface area contributed by atoms with Gasteiger partial charge >= 0.3 is 6.03 Å². The number of aromatic nitrogens is 2. The number of para-hydroxylation sites is 1. The van der Waals surface area contributed by atoms with Gasteiger partial charge in [-0.05, 0) is 43.2 Å². The summed E-state index contributed by atoms with van der Waals surface area (Å²) in [5, 5.41) is 9.85. The molecule has 0 saturated carbocycles. The van der Waals surface area contributed by atoms with Crippen molar-refractivity contribution < 1.29 is 14.3 Å². The highest BCUT2D eigenvalue weighted by molar-refractivity contribution is 6.07. The second-order valence-electron chi connectivity index (χ2n) is 7.48. The van der Waals surface area contributed by atoms with E-state index in [9.17, 15) is 4.79 Å². The standard InChI is InChI=1S/C25H25N5O3/c1-15-7-5-9-21(16(15)2)29-25(31)30-22-10-6-8-20-23(22)26-14-27-24(20)28-17-11-18(32-3)13-19(12-17)33-4/h5-14H,1-4H3,(H,26,27,28)(H2,29,30,31). The highest BCUT2D eigenvalue weighted by Gasteiger charge is 2.12. The van der Waals surface area contributed by atoms with E-state index in [0.29, 0.717) is 28.5 Å². The first-order valence-electron chi connectivity index (χ1n) is 10.4. The van der Waals surface area contributed by atoms with Gasteiger partial charge in [-0.25, -0.2) is 14.8 Å². The number of rotatable bonds is 6. The summed E-state index contributed by atoms with van der Waals surface area (Å²) in [7, 11) is 3.19. The molecular formula is C25H25N5O3. The number of anilines is 4. The summed E-state index contributed by atoms with van der Waals surface area (Å²) in [5.74, 6) is 1.90. The average molecular weight is 444 g/mol. The summed E-state index contributed by atoms with van der Waals surface area (Å²) in [4.78, 5) is 21.5. The monoisotopic (exact) mass is 443 g/mol. The number of methoxy groups -OCH3 is 2. The lowest BCUT2D eigenvalue weighted by Gasteiger charge is -2.14. The fraction of sp³-hybridized carbons (Fsp3) is 0.160. The van der Waals surface area contributed by atoms with Crippen LogP contribution in [-0.4, -0.2) is 30.2 Å². The Kier molecular flexibility index (Phi) is 6.26. The number of fused-ring (bicyclic) bond motifs is 1. The zero-order chi connectivity index (χ0) is 23.4. The van der Waals surface area contributed by atoms with E-state index < -0.39 is 0 Å². The van der Waals surface area contributed by atoms with Crippen molar-refractivity contribution in [2.75, 3.05) is 30.2 Å². The highest BCUT2D eigenvalue weighted by Crippen LogP contribution is 2.31. The molecule has 0 saturated heterocycles. The van der Waals surface area contributed by atoms with Gasteiger partial charge in [0.1, 0.15) is 23.6 Å². The van der Waals surface area contributed by atoms with E-state index in [0.717, 1.165) is 27.9 Å². The maximum absolute atomic E-state index is 12.7. The molecule has 33 heavy (non-hydrogen) atoms. The van der Waals surface area contributed by atoms with Crippen molar-refractivity contribution in [1.29, 1.82) is 0 Å². The van der Waals surface area contributed by atoms with Gasteiger partial charge in [0.2, 0.25) is 0 Å². The molecule has 8 heteroatoms. The van der Waals surface area contributed by atoms with Crippen LogP contribution in [0.4, 0.5) is 27.7 Å². The molecular weight excluding hydrogens is 418 g/mol. The summed E-state index contributed by atoms with van der Waals surface area (Å²) in [6.07, 6.45) is 1.45. The van der Waals surface area contributed by atoms with Crippen molar-refractivity contribution in [3.8, 4) is 11.5 Å². The number of nitrogens with one attached hydrogen (secondary N) is 3. The van der Waals surface area contributed by atoms with Crippen molar-refractivity contribution >= 4 is 39.8 Å². The number of amides is 2. The van der Waals surface area contributed by atoms with Gasteiger partial charge in [0.25, 0.3) is 0 Å². The number of carbonyl (C=O) groups excluding carboxylic acids is 1. The minimum atomic E-state index is -0.346. The normalized spacial score (nSPS) is 10.5. The van der Waals surface area contributed by atoms with E-state index in [4.69, 9.17) is 9.47 Å². The van der Waals surface area contributed by atoms with Crippen LogP contribution >= 0.6 is 0 Å². The summed E-state index contributed by atoms with van der Waals surface area (Å²) in [5.41, 5.74) is 4.82. The third-order valence-corrected chi connectivity index (χ3v) is 5.38. The number of aryl methyl sites for hydroxylation is 1. The lowest BCUT2D eigenvalue weighted by molar-refractivity contribution is 0.262. The van der Waals surface area contributed by atoms with E-state index in [1.54, 1.807) is 26.4 Å². The van der Waals surface area contributed by atoms with Crippen LogP contribution in [-0.2, 0) is 0 Å². The van der Waals surface area contributed by atoms with Crippen LogP contribution in [0.3, 0.4) is 0 Å². The molecule has 1 aromatic heterocycles. The van der Waals surface area contributed by atoms with Gasteiger partial charge in [0, 0.05) is 35.0 Å². The quantitative estimate of drug-likeness (QED) is 0.356. The van der Waals surface area contributed by atoms with E-state index in [1.807, 2.05) is 56.3 Å². The summed E-state index contributed by atoms with van der Waals surface area (Å²) in [6.45, 7) is 3.98. The first kappa shape index (κ1) is 21.9. The number of ether oxygens (including phenoxy) is 2. The van der Waals surface area contributed by atoms with Gasteiger partial charge in [-0.2, -0.15) is 0 Å². The molecule has 0 fully saturated rings. The minimum absolute atomic E-state index is 0.346. The van der Waals surface area contributed by atoms with Crippen LogP contribution in [0.15, 0.2) is 60.9 Å².